The molecule has 0 radical (unpaired) electrons. The van der Waals surface area contributed by atoms with Crippen LogP contribution in [0.25, 0.3) is 0 Å². The van der Waals surface area contributed by atoms with E-state index in [4.69, 9.17) is 4.74 Å². The first-order valence-corrected chi connectivity index (χ1v) is 9.23. The highest BCUT2D eigenvalue weighted by Crippen LogP contribution is 2.40. The smallest absolute Gasteiger partial charge is 0.0871 e. The summed E-state index contributed by atoms with van der Waals surface area (Å²) in [5.41, 5.74) is 1.51. The number of anilines is 1. The van der Waals surface area contributed by atoms with Gasteiger partial charge in [-0.1, -0.05) is 0 Å². The van der Waals surface area contributed by atoms with E-state index in [0.717, 1.165) is 26.2 Å². The minimum Gasteiger partial charge on any atom is -0.372 e. The number of piperidine rings is 1. The highest BCUT2D eigenvalue weighted by atomic mass is 127. The fourth-order valence-electron chi connectivity index (χ4n) is 4.42. The Labute approximate surface area is 140 Å². The van der Waals surface area contributed by atoms with E-state index < -0.39 is 0 Å². The van der Waals surface area contributed by atoms with E-state index in [-0.39, 0.29) is 5.60 Å². The Morgan fingerprint density at radius 3 is 2.57 bits per heavy atom. The van der Waals surface area contributed by atoms with E-state index in [1.54, 1.807) is 0 Å². The topological polar surface area (TPSA) is 15.7 Å². The van der Waals surface area contributed by atoms with Crippen LogP contribution in [0, 0.1) is 3.57 Å². The molecule has 0 saturated carbocycles. The zero-order chi connectivity index (χ0) is 14.3. The Bertz CT molecular complexity index is 496. The van der Waals surface area contributed by atoms with Crippen molar-refractivity contribution in [2.24, 2.45) is 0 Å². The molecule has 0 bridgehead atoms. The van der Waals surface area contributed by atoms with Crippen LogP contribution >= 0.6 is 22.6 Å². The second-order valence-electron chi connectivity index (χ2n) is 6.57. The number of hydrogen-bond acceptors (Lipinski definition) is 3. The van der Waals surface area contributed by atoms with Gasteiger partial charge in [-0.15, -0.1) is 0 Å². The normalized spacial score (nSPS) is 28.8. The first kappa shape index (κ1) is 14.3. The minimum absolute atomic E-state index is 0.147. The van der Waals surface area contributed by atoms with Gasteiger partial charge >= 0.3 is 0 Å². The first-order valence-electron chi connectivity index (χ1n) is 8.15. The van der Waals surface area contributed by atoms with Gasteiger partial charge < -0.3 is 9.64 Å². The van der Waals surface area contributed by atoms with Crippen LogP contribution in [0.15, 0.2) is 24.3 Å². The van der Waals surface area contributed by atoms with Gasteiger partial charge in [0.05, 0.1) is 12.2 Å². The molecule has 4 rings (SSSR count). The molecule has 114 valence electrons. The molecule has 3 saturated heterocycles. The summed E-state index contributed by atoms with van der Waals surface area (Å²) in [6.07, 6.45) is 5.06. The molecule has 3 aliphatic rings. The fourth-order valence-corrected chi connectivity index (χ4v) is 4.78. The molecule has 4 heteroatoms. The number of fused-ring (bicyclic) bond motifs is 2. The zero-order valence-corrected chi connectivity index (χ0v) is 14.6. The largest absolute Gasteiger partial charge is 0.372 e. The van der Waals surface area contributed by atoms with Gasteiger partial charge in [-0.05, 0) is 79.1 Å². The lowest BCUT2D eigenvalue weighted by Gasteiger charge is -2.51. The maximum Gasteiger partial charge on any atom is 0.0871 e. The van der Waals surface area contributed by atoms with Crippen LogP contribution < -0.4 is 4.90 Å². The number of halogens is 1. The Morgan fingerprint density at radius 1 is 1.05 bits per heavy atom. The number of nitrogens with zero attached hydrogens (tertiary/aromatic N) is 2. The Kier molecular flexibility index (Phi) is 3.88. The Hall–Kier alpha value is -0.330. The van der Waals surface area contributed by atoms with Crippen LogP contribution in [0.1, 0.15) is 25.7 Å². The average Bonchev–Trinajstić information content (AvgIpc) is 3.00. The van der Waals surface area contributed by atoms with E-state index in [9.17, 15) is 0 Å². The maximum atomic E-state index is 6.35. The summed E-state index contributed by atoms with van der Waals surface area (Å²) in [6.45, 7) is 5.62. The summed E-state index contributed by atoms with van der Waals surface area (Å²) in [7, 11) is 0. The van der Waals surface area contributed by atoms with Gasteiger partial charge in [0.15, 0.2) is 0 Å². The third kappa shape index (κ3) is 2.59. The molecule has 1 unspecified atom stereocenters. The maximum absolute atomic E-state index is 6.35. The summed E-state index contributed by atoms with van der Waals surface area (Å²) >= 11 is 2.37. The highest BCUT2D eigenvalue weighted by Gasteiger charge is 2.49. The summed E-state index contributed by atoms with van der Waals surface area (Å²) in [6, 6.07) is 9.60. The van der Waals surface area contributed by atoms with Gasteiger partial charge in [0, 0.05) is 34.9 Å². The molecule has 3 fully saturated rings. The zero-order valence-electron chi connectivity index (χ0n) is 12.4. The lowest BCUT2D eigenvalue weighted by Crippen LogP contribution is -2.61. The molecular weight excluding hydrogens is 375 g/mol. The molecule has 0 aromatic heterocycles. The molecule has 0 aliphatic carbocycles. The standard InChI is InChI=1S/C17H23IN2O/c18-14-3-5-15(6-4-14)19-10-7-17(8-11-19)16-2-1-9-20(16)12-13-21-17/h3-6,16H,1-2,7-13H2. The summed E-state index contributed by atoms with van der Waals surface area (Å²) in [5.74, 6) is 0. The van der Waals surface area contributed by atoms with Crippen molar-refractivity contribution >= 4 is 28.3 Å². The second kappa shape index (κ2) is 5.70. The van der Waals surface area contributed by atoms with Crippen molar-refractivity contribution in [3.63, 3.8) is 0 Å². The molecule has 1 atom stereocenters. The van der Waals surface area contributed by atoms with Crippen LogP contribution in [0.2, 0.25) is 0 Å². The van der Waals surface area contributed by atoms with E-state index in [0.29, 0.717) is 6.04 Å². The molecule has 3 heterocycles. The third-order valence-electron chi connectivity index (χ3n) is 5.54. The van der Waals surface area contributed by atoms with Crippen molar-refractivity contribution < 1.29 is 4.74 Å². The minimum atomic E-state index is 0.147. The summed E-state index contributed by atoms with van der Waals surface area (Å²) in [4.78, 5) is 5.21. The number of ether oxygens (including phenoxy) is 1. The monoisotopic (exact) mass is 398 g/mol. The van der Waals surface area contributed by atoms with E-state index in [1.807, 2.05) is 0 Å². The average molecular weight is 398 g/mol. The molecule has 3 aliphatic heterocycles. The predicted molar refractivity (Wildman–Crippen MR) is 93.9 cm³/mol. The molecule has 0 amide bonds. The van der Waals surface area contributed by atoms with Crippen molar-refractivity contribution in [1.29, 1.82) is 0 Å². The van der Waals surface area contributed by atoms with Gasteiger partial charge in [0.2, 0.25) is 0 Å². The summed E-state index contributed by atoms with van der Waals surface area (Å²) in [5, 5.41) is 0. The molecule has 1 aromatic rings. The van der Waals surface area contributed by atoms with Gasteiger partial charge in [-0.25, -0.2) is 0 Å². The Morgan fingerprint density at radius 2 is 1.81 bits per heavy atom. The SMILES string of the molecule is Ic1ccc(N2CCC3(CC2)OCCN2CCCC23)cc1. The highest BCUT2D eigenvalue weighted by molar-refractivity contribution is 14.1. The molecule has 0 N–H and O–H groups in total. The first-order chi connectivity index (χ1) is 10.3. The third-order valence-corrected chi connectivity index (χ3v) is 6.26. The van der Waals surface area contributed by atoms with Crippen LogP contribution in [0.3, 0.4) is 0 Å². The van der Waals surface area contributed by atoms with E-state index >= 15 is 0 Å². The van der Waals surface area contributed by atoms with E-state index in [2.05, 4.69) is 56.7 Å². The molecule has 1 aromatic carbocycles. The van der Waals surface area contributed by atoms with Crippen molar-refractivity contribution in [2.75, 3.05) is 37.7 Å². The molecular formula is C17H23IN2O. The van der Waals surface area contributed by atoms with E-state index in [1.165, 1.54) is 41.5 Å². The molecule has 21 heavy (non-hydrogen) atoms. The number of rotatable bonds is 1. The number of hydrogen-bond donors (Lipinski definition) is 0. The van der Waals surface area contributed by atoms with Crippen molar-refractivity contribution in [2.45, 2.75) is 37.3 Å². The predicted octanol–water partition coefficient (Wildman–Crippen LogP) is 3.12. The molecule has 1 spiro atoms. The lowest BCUT2D eigenvalue weighted by molar-refractivity contribution is -0.147. The number of morpholine rings is 1. The van der Waals surface area contributed by atoms with Crippen LogP contribution in [0.5, 0.6) is 0 Å². The van der Waals surface area contributed by atoms with Gasteiger partial charge in [-0.2, -0.15) is 0 Å². The fraction of sp³-hybridized carbons (Fsp3) is 0.647. The van der Waals surface area contributed by atoms with Crippen molar-refractivity contribution in [3.05, 3.63) is 27.8 Å². The van der Waals surface area contributed by atoms with Crippen LogP contribution in [-0.2, 0) is 4.74 Å². The summed E-state index contributed by atoms with van der Waals surface area (Å²) < 4.78 is 7.66. The number of benzene rings is 1. The van der Waals surface area contributed by atoms with Gasteiger partial charge in [-0.3, -0.25) is 4.90 Å². The quantitative estimate of drug-likeness (QED) is 0.677. The second-order valence-corrected chi connectivity index (χ2v) is 7.82. The molecule has 3 nitrogen and oxygen atoms in total. The van der Waals surface area contributed by atoms with Crippen LogP contribution in [-0.4, -0.2) is 49.3 Å². The van der Waals surface area contributed by atoms with Crippen molar-refractivity contribution in [1.82, 2.24) is 4.90 Å². The van der Waals surface area contributed by atoms with Crippen molar-refractivity contribution in [3.8, 4) is 0 Å². The lowest BCUT2D eigenvalue weighted by atomic mass is 9.81. The van der Waals surface area contributed by atoms with Gasteiger partial charge in [0.25, 0.3) is 0 Å². The Balaban J connectivity index is 1.47. The van der Waals surface area contributed by atoms with Gasteiger partial charge in [0.1, 0.15) is 0 Å². The van der Waals surface area contributed by atoms with Crippen LogP contribution in [0.4, 0.5) is 5.69 Å².